The van der Waals surface area contributed by atoms with Crippen molar-refractivity contribution in [2.24, 2.45) is 0 Å². The van der Waals surface area contributed by atoms with Crippen molar-refractivity contribution in [3.8, 4) is 0 Å². The van der Waals surface area contributed by atoms with Crippen molar-refractivity contribution in [1.29, 1.82) is 0 Å². The van der Waals surface area contributed by atoms with Gasteiger partial charge in [-0.2, -0.15) is 0 Å². The number of amides is 1. The third-order valence-corrected chi connectivity index (χ3v) is 1.55. The van der Waals surface area contributed by atoms with E-state index in [0.717, 1.165) is 0 Å². The van der Waals surface area contributed by atoms with Gasteiger partial charge >= 0.3 is 12.1 Å². The van der Waals surface area contributed by atoms with E-state index in [1.54, 1.807) is 6.92 Å². The highest BCUT2D eigenvalue weighted by Gasteiger charge is 2.06. The molecule has 0 saturated carbocycles. The lowest BCUT2D eigenvalue weighted by molar-refractivity contribution is -0.137. The van der Waals surface area contributed by atoms with Crippen LogP contribution in [0, 0.1) is 0 Å². The largest absolute Gasteiger partial charge is 0.481 e. The minimum atomic E-state index is -0.929. The van der Waals surface area contributed by atoms with Gasteiger partial charge in [-0.15, -0.1) is 0 Å². The Bertz CT molecular complexity index is 239. The van der Waals surface area contributed by atoms with E-state index in [1.165, 1.54) is 0 Å². The molecule has 0 aliphatic rings. The highest BCUT2D eigenvalue weighted by atomic mass is 16.5. The van der Waals surface area contributed by atoms with Gasteiger partial charge < -0.3 is 15.2 Å². The van der Waals surface area contributed by atoms with Gasteiger partial charge in [0, 0.05) is 12.8 Å². The van der Waals surface area contributed by atoms with Crippen molar-refractivity contribution in [2.75, 3.05) is 13.2 Å². The Hall–Kier alpha value is -1.59. The number of hydrogen-bond donors (Lipinski definition) is 2. The first-order chi connectivity index (χ1) is 7.06. The van der Waals surface area contributed by atoms with Crippen LogP contribution in [0.25, 0.3) is 0 Å². The maximum absolute atomic E-state index is 11.1. The summed E-state index contributed by atoms with van der Waals surface area (Å²) in [7, 11) is 0. The highest BCUT2D eigenvalue weighted by molar-refractivity contribution is 5.84. The lowest BCUT2D eigenvalue weighted by Crippen LogP contribution is -2.30. The van der Waals surface area contributed by atoms with Gasteiger partial charge in [-0.25, -0.2) is 4.79 Å². The van der Waals surface area contributed by atoms with Gasteiger partial charge in [0.05, 0.1) is 13.2 Å². The molecule has 0 rings (SSSR count). The van der Waals surface area contributed by atoms with Crippen LogP contribution in [-0.2, 0) is 14.3 Å². The van der Waals surface area contributed by atoms with E-state index in [9.17, 15) is 14.4 Å². The van der Waals surface area contributed by atoms with E-state index in [4.69, 9.17) is 5.11 Å². The fraction of sp³-hybridized carbons (Fsp3) is 0.667. The lowest BCUT2D eigenvalue weighted by atomic mass is 10.2. The molecule has 0 aromatic rings. The number of carboxylic acid groups (broad SMARTS) is 1. The Kier molecular flexibility index (Phi) is 6.96. The minimum Gasteiger partial charge on any atom is -0.481 e. The van der Waals surface area contributed by atoms with Crippen LogP contribution in [-0.4, -0.2) is 36.1 Å². The Balaban J connectivity index is 3.49. The second kappa shape index (κ2) is 7.78. The number of ether oxygens (including phenoxy) is 1. The summed E-state index contributed by atoms with van der Waals surface area (Å²) in [5.74, 6) is -1.13. The van der Waals surface area contributed by atoms with E-state index in [0.29, 0.717) is 6.42 Å². The van der Waals surface area contributed by atoms with Crippen LogP contribution in [0.3, 0.4) is 0 Å². The van der Waals surface area contributed by atoms with Gasteiger partial charge in [0.1, 0.15) is 0 Å². The summed E-state index contributed by atoms with van der Waals surface area (Å²) in [6, 6.07) is 0. The van der Waals surface area contributed by atoms with Crippen LogP contribution in [0.4, 0.5) is 4.79 Å². The predicted molar refractivity (Wildman–Crippen MR) is 51.5 cm³/mol. The fourth-order valence-corrected chi connectivity index (χ4v) is 0.878. The lowest BCUT2D eigenvalue weighted by Gasteiger charge is -2.03. The first kappa shape index (κ1) is 13.4. The van der Waals surface area contributed by atoms with Gasteiger partial charge in [-0.05, 0) is 13.3 Å². The first-order valence-corrected chi connectivity index (χ1v) is 4.70. The number of Topliss-reactive ketones (excluding diaryl/α,β-unsaturated/α-hetero) is 1. The van der Waals surface area contributed by atoms with Crippen molar-refractivity contribution < 1.29 is 24.2 Å². The van der Waals surface area contributed by atoms with Gasteiger partial charge in [-0.3, -0.25) is 9.59 Å². The van der Waals surface area contributed by atoms with Crippen LogP contribution in [0.2, 0.25) is 0 Å². The molecule has 6 heteroatoms. The van der Waals surface area contributed by atoms with E-state index in [1.807, 2.05) is 0 Å². The number of carbonyl (C=O) groups is 3. The number of ketones is 1. The van der Waals surface area contributed by atoms with Gasteiger partial charge in [0.2, 0.25) is 0 Å². The van der Waals surface area contributed by atoms with E-state index >= 15 is 0 Å². The van der Waals surface area contributed by atoms with Gasteiger partial charge in [0.15, 0.2) is 5.78 Å². The van der Waals surface area contributed by atoms with E-state index in [2.05, 4.69) is 10.1 Å². The molecule has 0 aromatic heterocycles. The maximum atomic E-state index is 11.1. The summed E-state index contributed by atoms with van der Waals surface area (Å²) in [6.45, 7) is 1.80. The standard InChI is InChI=1S/C9H15NO5/c1-2-15-9(14)10-6-7(11)4-3-5-8(12)13/h2-6H2,1H3,(H,10,14)(H,12,13). The molecular weight excluding hydrogens is 202 g/mol. The molecule has 0 unspecified atom stereocenters. The zero-order valence-electron chi connectivity index (χ0n) is 8.62. The fourth-order valence-electron chi connectivity index (χ4n) is 0.878. The second-order valence-corrected chi connectivity index (χ2v) is 2.86. The van der Waals surface area contributed by atoms with Crippen molar-refractivity contribution in [3.63, 3.8) is 0 Å². The van der Waals surface area contributed by atoms with Crippen molar-refractivity contribution >= 4 is 17.8 Å². The molecule has 0 aromatic carbocycles. The number of carbonyl (C=O) groups excluding carboxylic acids is 2. The van der Waals surface area contributed by atoms with Crippen LogP contribution in [0.5, 0.6) is 0 Å². The molecule has 0 bridgehead atoms. The molecule has 15 heavy (non-hydrogen) atoms. The second-order valence-electron chi connectivity index (χ2n) is 2.86. The van der Waals surface area contributed by atoms with Gasteiger partial charge in [-0.1, -0.05) is 0 Å². The van der Waals surface area contributed by atoms with Crippen LogP contribution < -0.4 is 5.32 Å². The van der Waals surface area contributed by atoms with E-state index in [-0.39, 0.29) is 31.8 Å². The number of rotatable bonds is 7. The normalized spacial score (nSPS) is 9.40. The van der Waals surface area contributed by atoms with E-state index < -0.39 is 12.1 Å². The maximum Gasteiger partial charge on any atom is 0.407 e. The first-order valence-electron chi connectivity index (χ1n) is 4.70. The molecule has 0 aliphatic carbocycles. The number of aliphatic carboxylic acids is 1. The number of hydrogen-bond acceptors (Lipinski definition) is 4. The Morgan fingerprint density at radius 1 is 1.27 bits per heavy atom. The summed E-state index contributed by atoms with van der Waals surface area (Å²) in [6.07, 6.45) is -0.230. The summed E-state index contributed by atoms with van der Waals surface area (Å²) in [5, 5.41) is 10.6. The number of alkyl carbamates (subject to hydrolysis) is 1. The van der Waals surface area contributed by atoms with Crippen LogP contribution >= 0.6 is 0 Å². The molecule has 86 valence electrons. The third-order valence-electron chi connectivity index (χ3n) is 1.55. The molecule has 6 nitrogen and oxygen atoms in total. The topological polar surface area (TPSA) is 92.7 Å². The molecule has 0 saturated heterocycles. The zero-order valence-corrected chi connectivity index (χ0v) is 8.62. The Morgan fingerprint density at radius 3 is 2.47 bits per heavy atom. The smallest absolute Gasteiger partial charge is 0.407 e. The predicted octanol–water partition coefficient (Wildman–Crippen LogP) is 0.556. The molecule has 0 spiro atoms. The number of nitrogens with one attached hydrogen (secondary N) is 1. The van der Waals surface area contributed by atoms with Crippen molar-refractivity contribution in [2.45, 2.75) is 26.2 Å². The van der Waals surface area contributed by atoms with Crippen molar-refractivity contribution in [1.82, 2.24) is 5.32 Å². The molecule has 0 heterocycles. The minimum absolute atomic E-state index is 0.0366. The average molecular weight is 217 g/mol. The number of carboxylic acids is 1. The van der Waals surface area contributed by atoms with Crippen LogP contribution in [0.15, 0.2) is 0 Å². The summed E-state index contributed by atoms with van der Waals surface area (Å²) in [4.78, 5) is 32.0. The Morgan fingerprint density at radius 2 is 1.93 bits per heavy atom. The zero-order chi connectivity index (χ0) is 11.7. The quantitative estimate of drug-likeness (QED) is 0.649. The molecule has 2 N–H and O–H groups in total. The van der Waals surface area contributed by atoms with Crippen molar-refractivity contribution in [3.05, 3.63) is 0 Å². The summed E-state index contributed by atoms with van der Waals surface area (Å²) < 4.78 is 4.54. The third kappa shape index (κ3) is 8.73. The molecule has 0 fully saturated rings. The molecule has 0 radical (unpaired) electrons. The highest BCUT2D eigenvalue weighted by Crippen LogP contribution is 1.95. The molecule has 1 amide bonds. The Labute approximate surface area is 87.6 Å². The SMILES string of the molecule is CCOC(=O)NCC(=O)CCCC(=O)O. The van der Waals surface area contributed by atoms with Crippen LogP contribution in [0.1, 0.15) is 26.2 Å². The summed E-state index contributed by atoms with van der Waals surface area (Å²) in [5.41, 5.74) is 0. The molecule has 0 atom stereocenters. The average Bonchev–Trinajstić information content (AvgIpc) is 2.14. The van der Waals surface area contributed by atoms with Gasteiger partial charge in [0.25, 0.3) is 0 Å². The summed E-state index contributed by atoms with van der Waals surface area (Å²) >= 11 is 0. The molecule has 0 aliphatic heterocycles. The molecular formula is C9H15NO5. The monoisotopic (exact) mass is 217 g/mol.